The largest absolute Gasteiger partial charge is 0.298 e. The Hall–Kier alpha value is -3.28. The first-order chi connectivity index (χ1) is 12.1. The number of fused-ring (bicyclic) bond motifs is 1. The molecule has 2 aromatic heterocycles. The minimum absolute atomic E-state index is 0.298. The highest BCUT2D eigenvalue weighted by molar-refractivity contribution is 5.81. The summed E-state index contributed by atoms with van der Waals surface area (Å²) < 4.78 is 16.1. The Morgan fingerprint density at radius 2 is 1.68 bits per heavy atom. The van der Waals surface area contributed by atoms with E-state index in [1.54, 1.807) is 10.9 Å². The smallest absolute Gasteiger partial charge is 0.265 e. The summed E-state index contributed by atoms with van der Waals surface area (Å²) >= 11 is 0. The van der Waals surface area contributed by atoms with E-state index in [4.69, 9.17) is 0 Å². The number of nitrogens with zero attached hydrogens (tertiary/aromatic N) is 4. The molecule has 5 nitrogen and oxygen atoms in total. The van der Waals surface area contributed by atoms with Gasteiger partial charge in [-0.2, -0.15) is 14.9 Å². The molecule has 0 aliphatic heterocycles. The Morgan fingerprint density at radius 1 is 0.960 bits per heavy atom. The van der Waals surface area contributed by atoms with Crippen molar-refractivity contribution in [3.63, 3.8) is 0 Å². The summed E-state index contributed by atoms with van der Waals surface area (Å²) in [6, 6.07) is 13.4. The highest BCUT2D eigenvalue weighted by atomic mass is 19.1. The number of aromatic nitrogens is 4. The lowest BCUT2D eigenvalue weighted by atomic mass is 10.2. The fourth-order valence-corrected chi connectivity index (χ4v) is 2.91. The molecule has 0 aliphatic rings. The second-order valence-corrected chi connectivity index (χ2v) is 5.88. The number of hydrogen-bond acceptors (Lipinski definition) is 3. The summed E-state index contributed by atoms with van der Waals surface area (Å²) in [6.45, 7) is 3.79. The number of rotatable bonds is 2. The zero-order valence-electron chi connectivity index (χ0n) is 13.8. The van der Waals surface area contributed by atoms with Gasteiger partial charge in [0.2, 0.25) is 0 Å². The van der Waals surface area contributed by atoms with Crippen molar-refractivity contribution in [2.45, 2.75) is 13.8 Å². The highest BCUT2D eigenvalue weighted by Gasteiger charge is 2.16. The zero-order valence-corrected chi connectivity index (χ0v) is 13.8. The molecule has 0 atom stereocenters. The van der Waals surface area contributed by atoms with E-state index in [1.807, 2.05) is 38.1 Å². The van der Waals surface area contributed by atoms with Crippen LogP contribution in [0.4, 0.5) is 4.39 Å². The number of halogens is 1. The van der Waals surface area contributed by atoms with Crippen LogP contribution in [0.3, 0.4) is 0 Å². The summed E-state index contributed by atoms with van der Waals surface area (Å²) in [6.07, 6.45) is 1.65. The van der Waals surface area contributed by atoms with Crippen molar-refractivity contribution in [3.8, 4) is 11.4 Å². The Bertz CT molecular complexity index is 1140. The van der Waals surface area contributed by atoms with Crippen LogP contribution in [0.15, 0.2) is 59.5 Å². The van der Waals surface area contributed by atoms with E-state index in [-0.39, 0.29) is 11.4 Å². The van der Waals surface area contributed by atoms with E-state index in [0.717, 1.165) is 11.3 Å². The Balaban J connectivity index is 2.05. The van der Waals surface area contributed by atoms with Gasteiger partial charge in [-0.1, -0.05) is 18.2 Å². The van der Waals surface area contributed by atoms with Gasteiger partial charge in [0, 0.05) is 5.39 Å². The third-order valence-electron chi connectivity index (χ3n) is 4.22. The highest BCUT2D eigenvalue weighted by Crippen LogP contribution is 2.20. The second kappa shape index (κ2) is 5.66. The molecule has 2 heterocycles. The maximum absolute atomic E-state index is 13.2. The van der Waals surface area contributed by atoms with Crippen LogP contribution in [0.5, 0.6) is 0 Å². The van der Waals surface area contributed by atoms with Gasteiger partial charge in [-0.15, -0.1) is 0 Å². The molecule has 25 heavy (non-hydrogen) atoms. The van der Waals surface area contributed by atoms with E-state index >= 15 is 0 Å². The first kappa shape index (κ1) is 15.3. The molecule has 4 rings (SSSR count). The summed E-state index contributed by atoms with van der Waals surface area (Å²) in [7, 11) is 0. The first-order valence-corrected chi connectivity index (χ1v) is 7.86. The fourth-order valence-electron chi connectivity index (χ4n) is 2.91. The van der Waals surface area contributed by atoms with Gasteiger partial charge in [-0.3, -0.25) is 4.79 Å². The molecule has 6 heteroatoms. The number of aryl methyl sites for hydroxylation is 2. The predicted molar refractivity (Wildman–Crippen MR) is 93.9 cm³/mol. The SMILES string of the molecule is Cc1ccccc1-n1ncc2c(C)nn(-c3ccc(F)cc3)c(=O)c21. The standard InChI is InChI=1S/C19H15FN4O/c1-12-5-3-4-6-17(12)24-18-16(11-21-24)13(2)22-23(19(18)25)15-9-7-14(20)8-10-15/h3-11H,1-2H3. The third kappa shape index (κ3) is 2.42. The van der Waals surface area contributed by atoms with E-state index in [2.05, 4.69) is 10.2 Å². The molecule has 0 radical (unpaired) electrons. The van der Waals surface area contributed by atoms with Gasteiger partial charge in [0.05, 0.1) is 23.3 Å². The molecule has 2 aromatic carbocycles. The van der Waals surface area contributed by atoms with Crippen molar-refractivity contribution < 1.29 is 4.39 Å². The van der Waals surface area contributed by atoms with Gasteiger partial charge in [0.1, 0.15) is 11.3 Å². The van der Waals surface area contributed by atoms with Crippen LogP contribution in [-0.2, 0) is 0 Å². The van der Waals surface area contributed by atoms with E-state index < -0.39 is 0 Å². The molecule has 0 aliphatic carbocycles. The average Bonchev–Trinajstić information content (AvgIpc) is 3.05. The summed E-state index contributed by atoms with van der Waals surface area (Å²) in [5.41, 5.74) is 3.19. The number of benzene rings is 2. The second-order valence-electron chi connectivity index (χ2n) is 5.88. The van der Waals surface area contributed by atoms with Crippen molar-refractivity contribution in [2.24, 2.45) is 0 Å². The molecule has 0 N–H and O–H groups in total. The molecular weight excluding hydrogens is 319 g/mol. The van der Waals surface area contributed by atoms with Crippen molar-refractivity contribution >= 4 is 10.9 Å². The van der Waals surface area contributed by atoms with E-state index in [0.29, 0.717) is 22.3 Å². The normalized spacial score (nSPS) is 11.2. The maximum Gasteiger partial charge on any atom is 0.298 e. The van der Waals surface area contributed by atoms with Crippen molar-refractivity contribution in [1.82, 2.24) is 19.6 Å². The Morgan fingerprint density at radius 3 is 2.40 bits per heavy atom. The van der Waals surface area contributed by atoms with Crippen LogP contribution in [0.25, 0.3) is 22.3 Å². The van der Waals surface area contributed by atoms with Crippen molar-refractivity contribution in [2.75, 3.05) is 0 Å². The molecule has 124 valence electrons. The minimum atomic E-state index is -0.362. The molecule has 0 amide bonds. The zero-order chi connectivity index (χ0) is 17.6. The summed E-state index contributed by atoms with van der Waals surface area (Å²) in [5.74, 6) is -0.362. The van der Waals surface area contributed by atoms with Crippen LogP contribution >= 0.6 is 0 Å². The third-order valence-corrected chi connectivity index (χ3v) is 4.22. The predicted octanol–water partition coefficient (Wildman–Crippen LogP) is 3.33. The quantitative estimate of drug-likeness (QED) is 0.565. The fraction of sp³-hybridized carbons (Fsp3) is 0.105. The number of hydrogen-bond donors (Lipinski definition) is 0. The van der Waals surface area contributed by atoms with Crippen LogP contribution in [0.2, 0.25) is 0 Å². The maximum atomic E-state index is 13.2. The van der Waals surface area contributed by atoms with Gasteiger partial charge < -0.3 is 0 Å². The molecule has 0 saturated heterocycles. The lowest BCUT2D eigenvalue weighted by Crippen LogP contribution is -2.24. The Kier molecular flexibility index (Phi) is 3.46. The summed E-state index contributed by atoms with van der Waals surface area (Å²) in [4.78, 5) is 13.1. The first-order valence-electron chi connectivity index (χ1n) is 7.86. The van der Waals surface area contributed by atoms with Crippen molar-refractivity contribution in [3.05, 3.63) is 82.2 Å². The van der Waals surface area contributed by atoms with Crippen molar-refractivity contribution in [1.29, 1.82) is 0 Å². The minimum Gasteiger partial charge on any atom is -0.265 e. The molecule has 0 bridgehead atoms. The van der Waals surface area contributed by atoms with Gasteiger partial charge in [0.15, 0.2) is 0 Å². The van der Waals surface area contributed by atoms with Gasteiger partial charge in [-0.25, -0.2) is 9.07 Å². The topological polar surface area (TPSA) is 52.7 Å². The van der Waals surface area contributed by atoms with Gasteiger partial charge in [-0.05, 0) is 49.7 Å². The average molecular weight is 334 g/mol. The molecule has 0 saturated carbocycles. The van der Waals surface area contributed by atoms with Gasteiger partial charge >= 0.3 is 0 Å². The number of para-hydroxylation sites is 1. The van der Waals surface area contributed by atoms with E-state index in [9.17, 15) is 9.18 Å². The molecular formula is C19H15FN4O. The summed E-state index contributed by atoms with van der Waals surface area (Å²) in [5, 5.41) is 9.46. The van der Waals surface area contributed by atoms with Crippen LogP contribution in [0, 0.1) is 19.7 Å². The molecule has 0 spiro atoms. The lowest BCUT2D eigenvalue weighted by molar-refractivity contribution is 0.626. The monoisotopic (exact) mass is 334 g/mol. The Labute approximate surface area is 143 Å². The molecule has 0 fully saturated rings. The van der Waals surface area contributed by atoms with Crippen LogP contribution in [0.1, 0.15) is 11.3 Å². The molecule has 4 aromatic rings. The lowest BCUT2D eigenvalue weighted by Gasteiger charge is -2.10. The van der Waals surface area contributed by atoms with E-state index in [1.165, 1.54) is 28.9 Å². The van der Waals surface area contributed by atoms with Crippen LogP contribution in [-0.4, -0.2) is 19.6 Å². The molecule has 0 unspecified atom stereocenters. The van der Waals surface area contributed by atoms with Crippen LogP contribution < -0.4 is 5.56 Å². The van der Waals surface area contributed by atoms with Gasteiger partial charge in [0.25, 0.3) is 5.56 Å².